The van der Waals surface area contributed by atoms with Crippen molar-refractivity contribution in [3.05, 3.63) is 64.7 Å². The maximum Gasteiger partial charge on any atom is 0.349 e. The normalized spacial score (nSPS) is 11.8. The van der Waals surface area contributed by atoms with Crippen LogP contribution in [0.3, 0.4) is 0 Å². The predicted octanol–water partition coefficient (Wildman–Crippen LogP) is 5.69. The third kappa shape index (κ3) is 6.08. The fourth-order valence-electron chi connectivity index (χ4n) is 2.25. The lowest BCUT2D eigenvalue weighted by Gasteiger charge is -2.27. The molecule has 150 valence electrons. The van der Waals surface area contributed by atoms with Gasteiger partial charge in [-0.3, -0.25) is 4.79 Å². The van der Waals surface area contributed by atoms with Crippen LogP contribution >= 0.6 is 27.5 Å². The minimum absolute atomic E-state index is 0.112. The van der Waals surface area contributed by atoms with Crippen LogP contribution in [0.4, 0.5) is 0 Å². The van der Waals surface area contributed by atoms with Crippen LogP contribution in [0.1, 0.15) is 43.6 Å². The van der Waals surface area contributed by atoms with E-state index in [-0.39, 0.29) is 11.2 Å². The van der Waals surface area contributed by atoms with Crippen molar-refractivity contribution < 1.29 is 19.1 Å². The van der Waals surface area contributed by atoms with Crippen molar-refractivity contribution in [3.63, 3.8) is 0 Å². The number of carbonyl (C=O) groups is 2. The Bertz CT molecular complexity index is 827. The van der Waals surface area contributed by atoms with E-state index in [1.165, 1.54) is 0 Å². The second kappa shape index (κ2) is 9.10. The van der Waals surface area contributed by atoms with Gasteiger partial charge in [0, 0.05) is 26.9 Å². The van der Waals surface area contributed by atoms with E-state index in [9.17, 15) is 9.59 Å². The summed E-state index contributed by atoms with van der Waals surface area (Å²) in [5.74, 6) is -0.0731. The number of hydrogen-bond acceptors (Lipinski definition) is 4. The minimum Gasteiger partial charge on any atom is -0.476 e. The highest BCUT2D eigenvalue weighted by atomic mass is 79.9. The lowest BCUT2D eigenvalue weighted by molar-refractivity contribution is -0.162. The molecule has 0 aliphatic rings. The fourth-order valence-corrected chi connectivity index (χ4v) is 2.54. The Kier molecular flexibility index (Phi) is 7.29. The molecule has 4 nitrogen and oxygen atoms in total. The Labute approximate surface area is 179 Å². The SMILES string of the molecule is CC(C)(CBr)COC(=O)C(C)(C)Oc1ccc(C(=O)c2ccc(Cl)cc2)cc1. The van der Waals surface area contributed by atoms with Gasteiger partial charge in [-0.05, 0) is 62.4 Å². The highest BCUT2D eigenvalue weighted by Crippen LogP contribution is 2.24. The molecule has 0 saturated carbocycles. The van der Waals surface area contributed by atoms with Gasteiger partial charge in [0.2, 0.25) is 0 Å². The molecule has 0 radical (unpaired) electrons. The van der Waals surface area contributed by atoms with Gasteiger partial charge in [-0.1, -0.05) is 41.4 Å². The second-order valence-electron chi connectivity index (χ2n) is 7.85. The molecule has 2 aromatic carbocycles. The number of benzene rings is 2. The fraction of sp³-hybridized carbons (Fsp3) is 0.364. The molecule has 0 aliphatic carbocycles. The number of ether oxygens (including phenoxy) is 2. The topological polar surface area (TPSA) is 52.6 Å². The molecule has 0 fully saturated rings. The Morgan fingerprint density at radius 1 is 0.929 bits per heavy atom. The molecule has 0 spiro atoms. The molecule has 0 amide bonds. The van der Waals surface area contributed by atoms with Gasteiger partial charge in [-0.25, -0.2) is 4.79 Å². The lowest BCUT2D eigenvalue weighted by atomic mass is 9.98. The van der Waals surface area contributed by atoms with Crippen LogP contribution in [-0.2, 0) is 9.53 Å². The first kappa shape index (κ1) is 22.4. The Hall–Kier alpha value is -1.85. The minimum atomic E-state index is -1.15. The van der Waals surface area contributed by atoms with Crippen molar-refractivity contribution in [2.24, 2.45) is 5.41 Å². The average Bonchev–Trinajstić information content (AvgIpc) is 2.66. The Balaban J connectivity index is 2.03. The highest BCUT2D eigenvalue weighted by molar-refractivity contribution is 9.09. The molecule has 0 saturated heterocycles. The first-order valence-corrected chi connectivity index (χ1v) is 10.4. The number of ketones is 1. The Morgan fingerprint density at radius 3 is 1.93 bits per heavy atom. The zero-order chi connectivity index (χ0) is 20.9. The number of carbonyl (C=O) groups excluding carboxylic acids is 2. The third-order valence-electron chi connectivity index (χ3n) is 4.04. The summed E-state index contributed by atoms with van der Waals surface area (Å²) in [6.07, 6.45) is 0. The molecule has 0 N–H and O–H groups in total. The standard InChI is InChI=1S/C22H24BrClO4/c1-21(2,13-23)14-27-20(26)22(3,4)28-18-11-7-16(8-12-18)19(25)15-5-9-17(24)10-6-15/h5-12H,13-14H2,1-4H3. The molecule has 0 unspecified atom stereocenters. The smallest absolute Gasteiger partial charge is 0.349 e. The van der Waals surface area contributed by atoms with Gasteiger partial charge in [-0.2, -0.15) is 0 Å². The quantitative estimate of drug-likeness (QED) is 0.284. The first-order chi connectivity index (χ1) is 13.0. The molecule has 2 rings (SSSR count). The van der Waals surface area contributed by atoms with Gasteiger partial charge in [0.1, 0.15) is 5.75 Å². The summed E-state index contributed by atoms with van der Waals surface area (Å²) < 4.78 is 11.2. The van der Waals surface area contributed by atoms with Gasteiger partial charge in [0.25, 0.3) is 0 Å². The van der Waals surface area contributed by atoms with Crippen molar-refractivity contribution in [1.29, 1.82) is 0 Å². The van der Waals surface area contributed by atoms with Crippen molar-refractivity contribution in [1.82, 2.24) is 0 Å². The molecule has 2 aromatic rings. The summed E-state index contributed by atoms with van der Waals surface area (Å²) >= 11 is 9.27. The first-order valence-electron chi connectivity index (χ1n) is 8.87. The molecule has 0 heterocycles. The van der Waals surface area contributed by atoms with Crippen LogP contribution in [-0.4, -0.2) is 29.3 Å². The van der Waals surface area contributed by atoms with Crippen molar-refractivity contribution in [3.8, 4) is 5.75 Å². The molecular weight excluding hydrogens is 444 g/mol. The van der Waals surface area contributed by atoms with E-state index in [0.29, 0.717) is 28.5 Å². The highest BCUT2D eigenvalue weighted by Gasteiger charge is 2.33. The largest absolute Gasteiger partial charge is 0.476 e. The van der Waals surface area contributed by atoms with Crippen LogP contribution in [0.25, 0.3) is 0 Å². The zero-order valence-corrected chi connectivity index (χ0v) is 18.8. The number of halogens is 2. The van der Waals surface area contributed by atoms with Gasteiger partial charge in [0.05, 0.1) is 6.61 Å². The molecule has 28 heavy (non-hydrogen) atoms. The Morgan fingerprint density at radius 2 is 1.43 bits per heavy atom. The van der Waals surface area contributed by atoms with E-state index >= 15 is 0 Å². The number of alkyl halides is 1. The zero-order valence-electron chi connectivity index (χ0n) is 16.4. The summed E-state index contributed by atoms with van der Waals surface area (Å²) in [5, 5.41) is 1.30. The molecule has 0 aromatic heterocycles. The summed E-state index contributed by atoms with van der Waals surface area (Å²) in [7, 11) is 0. The molecule has 0 bridgehead atoms. The van der Waals surface area contributed by atoms with E-state index in [4.69, 9.17) is 21.1 Å². The summed E-state index contributed by atoms with van der Waals surface area (Å²) in [6.45, 7) is 7.60. The van der Waals surface area contributed by atoms with E-state index < -0.39 is 11.6 Å². The average molecular weight is 468 g/mol. The number of hydrogen-bond donors (Lipinski definition) is 0. The molecule has 0 atom stereocenters. The van der Waals surface area contributed by atoms with Crippen molar-refractivity contribution in [2.75, 3.05) is 11.9 Å². The summed E-state index contributed by atoms with van der Waals surface area (Å²) in [5.41, 5.74) is -0.231. The van der Waals surface area contributed by atoms with Gasteiger partial charge < -0.3 is 9.47 Å². The van der Waals surface area contributed by atoms with Crippen LogP contribution in [0.15, 0.2) is 48.5 Å². The monoisotopic (exact) mass is 466 g/mol. The van der Waals surface area contributed by atoms with Gasteiger partial charge >= 0.3 is 5.97 Å². The summed E-state index contributed by atoms with van der Waals surface area (Å²) in [4.78, 5) is 24.9. The van der Waals surface area contributed by atoms with E-state index in [1.807, 2.05) is 13.8 Å². The van der Waals surface area contributed by atoms with E-state index in [2.05, 4.69) is 15.9 Å². The third-order valence-corrected chi connectivity index (χ3v) is 5.81. The molecular formula is C22H24BrClO4. The maximum absolute atomic E-state index is 12.5. The molecule has 6 heteroatoms. The van der Waals surface area contributed by atoms with E-state index in [1.54, 1.807) is 62.4 Å². The van der Waals surface area contributed by atoms with Gasteiger partial charge in [-0.15, -0.1) is 0 Å². The van der Waals surface area contributed by atoms with Gasteiger partial charge in [0.15, 0.2) is 11.4 Å². The molecule has 0 aliphatic heterocycles. The van der Waals surface area contributed by atoms with Crippen LogP contribution < -0.4 is 4.74 Å². The lowest BCUT2D eigenvalue weighted by Crippen LogP contribution is -2.41. The maximum atomic E-state index is 12.5. The van der Waals surface area contributed by atoms with Crippen molar-refractivity contribution in [2.45, 2.75) is 33.3 Å². The van der Waals surface area contributed by atoms with Crippen molar-refractivity contribution >= 4 is 39.3 Å². The number of rotatable bonds is 8. The predicted molar refractivity (Wildman–Crippen MR) is 115 cm³/mol. The van der Waals surface area contributed by atoms with Crippen LogP contribution in [0.2, 0.25) is 5.02 Å². The van der Waals surface area contributed by atoms with E-state index in [0.717, 1.165) is 5.33 Å². The summed E-state index contributed by atoms with van der Waals surface area (Å²) in [6, 6.07) is 13.4. The van der Waals surface area contributed by atoms with Crippen LogP contribution in [0.5, 0.6) is 5.75 Å². The second-order valence-corrected chi connectivity index (χ2v) is 8.84. The van der Waals surface area contributed by atoms with Crippen LogP contribution in [0, 0.1) is 5.41 Å². The number of esters is 1.